The van der Waals surface area contributed by atoms with Gasteiger partial charge in [-0.1, -0.05) is 42.5 Å². The van der Waals surface area contributed by atoms with Gasteiger partial charge in [0, 0.05) is 24.8 Å². The van der Waals surface area contributed by atoms with Crippen LogP contribution in [0.3, 0.4) is 0 Å². The highest BCUT2D eigenvalue weighted by Crippen LogP contribution is 2.24. The lowest BCUT2D eigenvalue weighted by Gasteiger charge is -2.32. The Morgan fingerprint density at radius 2 is 1.86 bits per heavy atom. The summed E-state index contributed by atoms with van der Waals surface area (Å²) in [7, 11) is 0. The summed E-state index contributed by atoms with van der Waals surface area (Å²) in [5.74, 6) is -2.19. The van der Waals surface area contributed by atoms with Gasteiger partial charge in [-0.25, -0.2) is 8.78 Å². The van der Waals surface area contributed by atoms with Gasteiger partial charge >= 0.3 is 0 Å². The van der Waals surface area contributed by atoms with E-state index in [1.165, 1.54) is 22.4 Å². The first-order chi connectivity index (χ1) is 13.6. The van der Waals surface area contributed by atoms with Crippen molar-refractivity contribution in [1.29, 1.82) is 0 Å². The van der Waals surface area contributed by atoms with Crippen LogP contribution in [-0.4, -0.2) is 23.9 Å². The van der Waals surface area contributed by atoms with Gasteiger partial charge in [0.15, 0.2) is 11.6 Å². The maximum absolute atomic E-state index is 13.4. The summed E-state index contributed by atoms with van der Waals surface area (Å²) in [5, 5.41) is 5.17. The number of nitrogens with zero attached hydrogens (tertiary/aromatic N) is 1. The Bertz CT molecular complexity index is 1000. The second kappa shape index (κ2) is 8.07. The van der Waals surface area contributed by atoms with Crippen molar-refractivity contribution in [2.75, 3.05) is 18.4 Å². The highest BCUT2D eigenvalue weighted by molar-refractivity contribution is 5.92. The first kappa shape index (κ1) is 18.6. The molecule has 3 aromatic carbocycles. The molecular formula is C23H22F2N2O. The molecule has 28 heavy (non-hydrogen) atoms. The van der Waals surface area contributed by atoms with Crippen molar-refractivity contribution in [2.24, 2.45) is 5.92 Å². The molecule has 144 valence electrons. The fourth-order valence-electron chi connectivity index (χ4n) is 3.90. The molecular weight excluding hydrogens is 358 g/mol. The highest BCUT2D eigenvalue weighted by Gasteiger charge is 2.26. The predicted octanol–water partition coefficient (Wildman–Crippen LogP) is 4.97. The van der Waals surface area contributed by atoms with Gasteiger partial charge in [-0.05, 0) is 47.9 Å². The quantitative estimate of drug-likeness (QED) is 0.693. The molecule has 3 nitrogen and oxygen atoms in total. The molecule has 5 heteroatoms. The SMILES string of the molecule is O=C(Nc1ccc(F)c(F)c1)C1CCCN(Cc2cccc3ccccc23)C1. The first-order valence-corrected chi connectivity index (χ1v) is 9.55. The van der Waals surface area contributed by atoms with E-state index in [4.69, 9.17) is 0 Å². The van der Waals surface area contributed by atoms with E-state index in [-0.39, 0.29) is 17.5 Å². The number of benzene rings is 3. The zero-order valence-corrected chi connectivity index (χ0v) is 15.5. The summed E-state index contributed by atoms with van der Waals surface area (Å²) in [4.78, 5) is 14.9. The maximum atomic E-state index is 13.4. The molecule has 1 aliphatic rings. The van der Waals surface area contributed by atoms with Crippen molar-refractivity contribution in [2.45, 2.75) is 19.4 Å². The molecule has 1 aliphatic heterocycles. The average Bonchev–Trinajstić information content (AvgIpc) is 2.71. The minimum Gasteiger partial charge on any atom is -0.326 e. The number of carbonyl (C=O) groups is 1. The number of hydrogen-bond donors (Lipinski definition) is 1. The van der Waals surface area contributed by atoms with Crippen molar-refractivity contribution in [3.8, 4) is 0 Å². The van der Waals surface area contributed by atoms with Crippen LogP contribution in [0.5, 0.6) is 0 Å². The zero-order chi connectivity index (χ0) is 19.5. The van der Waals surface area contributed by atoms with E-state index < -0.39 is 11.6 Å². The summed E-state index contributed by atoms with van der Waals surface area (Å²) < 4.78 is 26.4. The van der Waals surface area contributed by atoms with Crippen molar-refractivity contribution >= 4 is 22.4 Å². The molecule has 1 fully saturated rings. The van der Waals surface area contributed by atoms with Crippen molar-refractivity contribution in [1.82, 2.24) is 4.90 Å². The summed E-state index contributed by atoms with van der Waals surface area (Å²) in [6, 6.07) is 18.0. The molecule has 0 saturated carbocycles. The fourth-order valence-corrected chi connectivity index (χ4v) is 3.90. The molecule has 0 bridgehead atoms. The van der Waals surface area contributed by atoms with Gasteiger partial charge in [0.05, 0.1) is 5.92 Å². The normalized spacial score (nSPS) is 17.6. The van der Waals surface area contributed by atoms with Crippen molar-refractivity contribution in [3.05, 3.63) is 77.9 Å². The van der Waals surface area contributed by atoms with Crippen LogP contribution in [0.4, 0.5) is 14.5 Å². The molecule has 3 aromatic rings. The van der Waals surface area contributed by atoms with E-state index in [0.717, 1.165) is 38.1 Å². The summed E-state index contributed by atoms with van der Waals surface area (Å²) in [5.41, 5.74) is 1.54. The van der Waals surface area contributed by atoms with Gasteiger partial charge in [0.2, 0.25) is 5.91 Å². The van der Waals surface area contributed by atoms with E-state index in [1.807, 2.05) is 12.1 Å². The van der Waals surface area contributed by atoms with E-state index in [1.54, 1.807) is 0 Å². The molecule has 1 N–H and O–H groups in total. The van der Waals surface area contributed by atoms with Gasteiger partial charge in [-0.2, -0.15) is 0 Å². The minimum absolute atomic E-state index is 0.145. The highest BCUT2D eigenvalue weighted by atomic mass is 19.2. The number of halogens is 2. The van der Waals surface area contributed by atoms with Crippen LogP contribution in [0, 0.1) is 17.6 Å². The Kier molecular flexibility index (Phi) is 5.35. The number of fused-ring (bicyclic) bond motifs is 1. The van der Waals surface area contributed by atoms with Crippen LogP contribution in [0.2, 0.25) is 0 Å². The van der Waals surface area contributed by atoms with Gasteiger partial charge in [-0.15, -0.1) is 0 Å². The second-order valence-electron chi connectivity index (χ2n) is 7.33. The van der Waals surface area contributed by atoms with Crippen LogP contribution in [-0.2, 0) is 11.3 Å². The lowest BCUT2D eigenvalue weighted by atomic mass is 9.96. The molecule has 1 atom stereocenters. The molecule has 1 amide bonds. The van der Waals surface area contributed by atoms with Crippen molar-refractivity contribution in [3.63, 3.8) is 0 Å². The maximum Gasteiger partial charge on any atom is 0.228 e. The zero-order valence-electron chi connectivity index (χ0n) is 15.5. The lowest BCUT2D eigenvalue weighted by Crippen LogP contribution is -2.40. The van der Waals surface area contributed by atoms with Gasteiger partial charge in [0.1, 0.15) is 0 Å². The van der Waals surface area contributed by atoms with E-state index in [2.05, 4.69) is 40.5 Å². The third-order valence-electron chi connectivity index (χ3n) is 5.34. The number of rotatable bonds is 4. The Morgan fingerprint density at radius 1 is 1.04 bits per heavy atom. The summed E-state index contributed by atoms with van der Waals surface area (Å²) >= 11 is 0. The van der Waals surface area contributed by atoms with Gasteiger partial charge in [0.25, 0.3) is 0 Å². The standard InChI is InChI=1S/C23H22F2N2O/c24-21-11-10-19(13-22(21)25)26-23(28)18-8-4-12-27(15-18)14-17-7-3-6-16-5-1-2-9-20(16)17/h1-3,5-7,9-11,13,18H,4,8,12,14-15H2,(H,26,28). The number of nitrogens with one attached hydrogen (secondary N) is 1. The molecule has 1 saturated heterocycles. The smallest absolute Gasteiger partial charge is 0.228 e. The van der Waals surface area contributed by atoms with Gasteiger partial charge in [-0.3, -0.25) is 9.69 Å². The van der Waals surface area contributed by atoms with E-state index >= 15 is 0 Å². The van der Waals surface area contributed by atoms with Crippen molar-refractivity contribution < 1.29 is 13.6 Å². The van der Waals surface area contributed by atoms with Crippen LogP contribution in [0.1, 0.15) is 18.4 Å². The molecule has 0 spiro atoms. The Hall–Kier alpha value is -2.79. The molecule has 0 aromatic heterocycles. The molecule has 1 heterocycles. The van der Waals surface area contributed by atoms with Gasteiger partial charge < -0.3 is 5.32 Å². The molecule has 1 unspecified atom stereocenters. The van der Waals surface area contributed by atoms with Crippen LogP contribution in [0.15, 0.2) is 60.7 Å². The number of likely N-dealkylation sites (tertiary alicyclic amines) is 1. The Labute approximate surface area is 163 Å². The van der Waals surface area contributed by atoms with Crippen LogP contribution >= 0.6 is 0 Å². The Morgan fingerprint density at radius 3 is 2.71 bits per heavy atom. The van der Waals surface area contributed by atoms with E-state index in [0.29, 0.717) is 6.54 Å². The fraction of sp³-hybridized carbons (Fsp3) is 0.261. The predicted molar refractivity (Wildman–Crippen MR) is 107 cm³/mol. The minimum atomic E-state index is -0.959. The van der Waals surface area contributed by atoms with Crippen LogP contribution in [0.25, 0.3) is 10.8 Å². The van der Waals surface area contributed by atoms with Crippen LogP contribution < -0.4 is 5.32 Å². The average molecular weight is 380 g/mol. The third kappa shape index (κ3) is 4.04. The largest absolute Gasteiger partial charge is 0.326 e. The Balaban J connectivity index is 1.43. The number of anilines is 1. The topological polar surface area (TPSA) is 32.3 Å². The molecule has 0 aliphatic carbocycles. The number of carbonyl (C=O) groups excluding carboxylic acids is 1. The first-order valence-electron chi connectivity index (χ1n) is 9.55. The number of piperidine rings is 1. The van der Waals surface area contributed by atoms with E-state index in [9.17, 15) is 13.6 Å². The lowest BCUT2D eigenvalue weighted by molar-refractivity contribution is -0.121. The second-order valence-corrected chi connectivity index (χ2v) is 7.33. The monoisotopic (exact) mass is 380 g/mol. The third-order valence-corrected chi connectivity index (χ3v) is 5.34. The summed E-state index contributed by atoms with van der Waals surface area (Å²) in [6.45, 7) is 2.38. The number of amides is 1. The molecule has 0 radical (unpaired) electrons. The molecule has 4 rings (SSSR count). The summed E-state index contributed by atoms with van der Waals surface area (Å²) in [6.07, 6.45) is 1.72. The number of hydrogen-bond acceptors (Lipinski definition) is 2.